The van der Waals surface area contributed by atoms with Crippen LogP contribution >= 0.6 is 0 Å². The van der Waals surface area contributed by atoms with Crippen molar-refractivity contribution in [2.75, 3.05) is 11.9 Å². The van der Waals surface area contributed by atoms with Gasteiger partial charge in [-0.2, -0.15) is 0 Å². The van der Waals surface area contributed by atoms with Crippen LogP contribution in [0.3, 0.4) is 0 Å². The predicted octanol–water partition coefficient (Wildman–Crippen LogP) is 2.50. The van der Waals surface area contributed by atoms with E-state index in [4.69, 9.17) is 4.74 Å². The maximum atomic E-state index is 13.5. The van der Waals surface area contributed by atoms with Crippen LogP contribution in [0.25, 0.3) is 0 Å². The Morgan fingerprint density at radius 2 is 2.39 bits per heavy atom. The minimum Gasteiger partial charge on any atom is -0.491 e. The molecule has 0 radical (unpaired) electrons. The molecule has 0 bridgehead atoms. The van der Waals surface area contributed by atoms with Gasteiger partial charge in [0, 0.05) is 24.1 Å². The van der Waals surface area contributed by atoms with Gasteiger partial charge in [0.25, 0.3) is 0 Å². The van der Waals surface area contributed by atoms with Gasteiger partial charge in [-0.15, -0.1) is 0 Å². The number of ether oxygens (including phenoxy) is 1. The number of hydrogen-bond donors (Lipinski definition) is 1. The van der Waals surface area contributed by atoms with Crippen LogP contribution in [0.5, 0.6) is 5.75 Å². The Labute approximate surface area is 103 Å². The van der Waals surface area contributed by atoms with Crippen LogP contribution in [0, 0.1) is 5.82 Å². The minimum atomic E-state index is -0.514. The van der Waals surface area contributed by atoms with E-state index in [0.29, 0.717) is 12.3 Å². The number of carbonyl (C=O) groups excluding carboxylic acids is 1. The molecule has 2 aromatic rings. The van der Waals surface area contributed by atoms with Crippen molar-refractivity contribution in [3.63, 3.8) is 0 Å². The van der Waals surface area contributed by atoms with Crippen LogP contribution in [0.15, 0.2) is 36.9 Å². The number of carbonyl (C=O) groups is 1. The van der Waals surface area contributed by atoms with Gasteiger partial charge >= 0.3 is 6.03 Å². The van der Waals surface area contributed by atoms with E-state index in [1.165, 1.54) is 35.4 Å². The van der Waals surface area contributed by atoms with E-state index in [-0.39, 0.29) is 5.75 Å². The lowest BCUT2D eigenvalue weighted by molar-refractivity contribution is 0.253. The van der Waals surface area contributed by atoms with Gasteiger partial charge in [0.05, 0.1) is 6.61 Å². The van der Waals surface area contributed by atoms with Gasteiger partial charge in [0.15, 0.2) is 11.6 Å². The molecule has 0 aliphatic carbocycles. The fourth-order valence-corrected chi connectivity index (χ4v) is 1.42. The first kappa shape index (κ1) is 12.1. The zero-order valence-corrected chi connectivity index (χ0v) is 9.76. The van der Waals surface area contributed by atoms with Crippen molar-refractivity contribution >= 4 is 11.7 Å². The van der Waals surface area contributed by atoms with Gasteiger partial charge in [0.2, 0.25) is 0 Å². The minimum absolute atomic E-state index is 0.165. The largest absolute Gasteiger partial charge is 0.491 e. The third-order valence-corrected chi connectivity index (χ3v) is 2.22. The number of hydrogen-bond acceptors (Lipinski definition) is 3. The number of anilines is 1. The number of imidazole rings is 1. The van der Waals surface area contributed by atoms with E-state index >= 15 is 0 Å². The Morgan fingerprint density at radius 3 is 3.00 bits per heavy atom. The van der Waals surface area contributed by atoms with E-state index in [1.54, 1.807) is 13.0 Å². The number of benzene rings is 1. The van der Waals surface area contributed by atoms with Gasteiger partial charge in [-0.25, -0.2) is 14.2 Å². The third kappa shape index (κ3) is 2.65. The summed E-state index contributed by atoms with van der Waals surface area (Å²) in [5, 5.41) is 2.54. The summed E-state index contributed by atoms with van der Waals surface area (Å²) in [5.74, 6) is -0.349. The molecule has 1 amide bonds. The fourth-order valence-electron chi connectivity index (χ4n) is 1.42. The highest BCUT2D eigenvalue weighted by molar-refractivity contribution is 5.90. The van der Waals surface area contributed by atoms with Crippen molar-refractivity contribution in [2.45, 2.75) is 6.92 Å². The van der Waals surface area contributed by atoms with E-state index in [0.717, 1.165) is 0 Å². The van der Waals surface area contributed by atoms with Crippen molar-refractivity contribution in [2.24, 2.45) is 0 Å². The Balaban J connectivity index is 2.11. The topological polar surface area (TPSA) is 56.1 Å². The van der Waals surface area contributed by atoms with E-state index < -0.39 is 11.8 Å². The molecule has 94 valence electrons. The van der Waals surface area contributed by atoms with Crippen LogP contribution in [0.1, 0.15) is 6.92 Å². The fraction of sp³-hybridized carbons (Fsp3) is 0.167. The summed E-state index contributed by atoms with van der Waals surface area (Å²) in [5.41, 5.74) is 0.356. The Hall–Kier alpha value is -2.37. The summed E-state index contributed by atoms with van der Waals surface area (Å²) < 4.78 is 19.9. The molecule has 0 saturated carbocycles. The smallest absolute Gasteiger partial charge is 0.331 e. The zero-order valence-electron chi connectivity index (χ0n) is 9.76. The standard InChI is InChI=1S/C12H12FN3O2/c1-2-18-11-4-3-9(7-10(11)13)15-12(17)16-6-5-14-8-16/h3-8H,2H2,1H3,(H,15,17). The quantitative estimate of drug-likeness (QED) is 0.909. The SMILES string of the molecule is CCOc1ccc(NC(=O)n2ccnc2)cc1F. The van der Waals surface area contributed by atoms with Gasteiger partial charge in [0.1, 0.15) is 6.33 Å². The molecule has 1 N–H and O–H groups in total. The second-order valence-corrected chi connectivity index (χ2v) is 3.48. The molecule has 1 aromatic heterocycles. The molecule has 0 aliphatic heterocycles. The molecule has 5 nitrogen and oxygen atoms in total. The molecule has 6 heteroatoms. The first-order chi connectivity index (χ1) is 8.70. The van der Waals surface area contributed by atoms with Crippen molar-refractivity contribution in [1.82, 2.24) is 9.55 Å². The molecule has 0 unspecified atom stereocenters. The lowest BCUT2D eigenvalue weighted by Crippen LogP contribution is -2.17. The van der Waals surface area contributed by atoms with Crippen LogP contribution in [0.2, 0.25) is 0 Å². The normalized spacial score (nSPS) is 10.1. The van der Waals surface area contributed by atoms with Crippen molar-refractivity contribution in [3.8, 4) is 5.75 Å². The second kappa shape index (κ2) is 5.31. The number of nitrogens with one attached hydrogen (secondary N) is 1. The van der Waals surface area contributed by atoms with E-state index in [1.807, 2.05) is 0 Å². The predicted molar refractivity (Wildman–Crippen MR) is 64.2 cm³/mol. The van der Waals surface area contributed by atoms with Crippen LogP contribution in [-0.4, -0.2) is 22.2 Å². The van der Waals surface area contributed by atoms with E-state index in [9.17, 15) is 9.18 Å². The van der Waals surface area contributed by atoms with Crippen molar-refractivity contribution < 1.29 is 13.9 Å². The molecular formula is C12H12FN3O2. The van der Waals surface area contributed by atoms with Crippen LogP contribution < -0.4 is 10.1 Å². The summed E-state index contributed by atoms with van der Waals surface area (Å²) in [4.78, 5) is 15.4. The number of amides is 1. The molecule has 0 spiro atoms. The average molecular weight is 249 g/mol. The highest BCUT2D eigenvalue weighted by atomic mass is 19.1. The van der Waals surface area contributed by atoms with Gasteiger partial charge < -0.3 is 10.1 Å². The van der Waals surface area contributed by atoms with Gasteiger partial charge in [-0.05, 0) is 19.1 Å². The molecule has 1 heterocycles. The summed E-state index contributed by atoms with van der Waals surface area (Å²) >= 11 is 0. The third-order valence-electron chi connectivity index (χ3n) is 2.22. The Kier molecular flexibility index (Phi) is 3.57. The average Bonchev–Trinajstić information content (AvgIpc) is 2.86. The molecular weight excluding hydrogens is 237 g/mol. The molecule has 2 rings (SSSR count). The Bertz CT molecular complexity index is 540. The van der Waals surface area contributed by atoms with Crippen LogP contribution in [0.4, 0.5) is 14.9 Å². The second-order valence-electron chi connectivity index (χ2n) is 3.48. The molecule has 0 saturated heterocycles. The van der Waals surface area contributed by atoms with Crippen molar-refractivity contribution in [3.05, 3.63) is 42.7 Å². The summed E-state index contributed by atoms with van der Waals surface area (Å²) in [6.45, 7) is 2.16. The number of aromatic nitrogens is 2. The number of rotatable bonds is 3. The van der Waals surface area contributed by atoms with Gasteiger partial charge in [-0.3, -0.25) is 4.57 Å². The molecule has 0 aliphatic rings. The van der Waals surface area contributed by atoms with Crippen LogP contribution in [-0.2, 0) is 0 Å². The lowest BCUT2D eigenvalue weighted by atomic mass is 10.3. The van der Waals surface area contributed by atoms with Gasteiger partial charge in [-0.1, -0.05) is 0 Å². The maximum absolute atomic E-state index is 13.5. The maximum Gasteiger partial charge on any atom is 0.331 e. The molecule has 0 atom stereocenters. The molecule has 0 fully saturated rings. The summed E-state index contributed by atoms with van der Waals surface area (Å²) in [6.07, 6.45) is 4.35. The monoisotopic (exact) mass is 249 g/mol. The summed E-state index contributed by atoms with van der Waals surface area (Å²) in [7, 11) is 0. The lowest BCUT2D eigenvalue weighted by Gasteiger charge is -2.08. The Morgan fingerprint density at radius 1 is 1.56 bits per heavy atom. The number of halogens is 1. The molecule has 1 aromatic carbocycles. The van der Waals surface area contributed by atoms with E-state index in [2.05, 4.69) is 10.3 Å². The first-order valence-corrected chi connectivity index (χ1v) is 5.42. The summed E-state index contributed by atoms with van der Waals surface area (Å²) in [6, 6.07) is 3.85. The molecule has 18 heavy (non-hydrogen) atoms. The number of nitrogens with zero attached hydrogens (tertiary/aromatic N) is 2. The first-order valence-electron chi connectivity index (χ1n) is 5.42. The zero-order chi connectivity index (χ0) is 13.0. The van der Waals surface area contributed by atoms with Crippen molar-refractivity contribution in [1.29, 1.82) is 0 Å². The highest BCUT2D eigenvalue weighted by Gasteiger charge is 2.07. The highest BCUT2D eigenvalue weighted by Crippen LogP contribution is 2.21.